The summed E-state index contributed by atoms with van der Waals surface area (Å²) in [5.74, 6) is -1.23. The largest absolute Gasteiger partial charge is 0.361 e. The van der Waals surface area contributed by atoms with Gasteiger partial charge in [0.2, 0.25) is 5.91 Å². The first kappa shape index (κ1) is 19.9. The molecule has 0 unspecified atom stereocenters. The van der Waals surface area contributed by atoms with Crippen molar-refractivity contribution < 1.29 is 18.8 Å². The molecule has 1 aliphatic rings. The van der Waals surface area contributed by atoms with Crippen LogP contribution in [0.5, 0.6) is 0 Å². The summed E-state index contributed by atoms with van der Waals surface area (Å²) in [5, 5.41) is 3.01. The number of carbonyl (C=O) groups is 3. The molecule has 2 aromatic carbocycles. The van der Waals surface area contributed by atoms with Gasteiger partial charge in [0.25, 0.3) is 11.1 Å². The Morgan fingerprint density at radius 1 is 1.17 bits per heavy atom. The van der Waals surface area contributed by atoms with Crippen molar-refractivity contribution in [1.82, 2.24) is 15.2 Å². The van der Waals surface area contributed by atoms with E-state index >= 15 is 0 Å². The van der Waals surface area contributed by atoms with Crippen LogP contribution in [-0.4, -0.2) is 40.0 Å². The predicted molar refractivity (Wildman–Crippen MR) is 114 cm³/mol. The summed E-state index contributed by atoms with van der Waals surface area (Å²) in [5.41, 5.74) is 2.50. The molecule has 6 nitrogen and oxygen atoms in total. The average Bonchev–Trinajstić information content (AvgIpc) is 3.24. The molecule has 3 amide bonds. The van der Waals surface area contributed by atoms with E-state index in [0.717, 1.165) is 38.7 Å². The highest BCUT2D eigenvalue weighted by atomic mass is 32.2. The van der Waals surface area contributed by atoms with E-state index in [1.807, 2.05) is 30.3 Å². The lowest BCUT2D eigenvalue weighted by Gasteiger charge is -2.12. The number of rotatable bonds is 6. The Hall–Kier alpha value is -3.39. The second kappa shape index (κ2) is 8.54. The summed E-state index contributed by atoms with van der Waals surface area (Å²) in [4.78, 5) is 41.2. The molecule has 1 aliphatic heterocycles. The molecule has 2 heterocycles. The molecule has 0 spiro atoms. The molecule has 0 atom stereocenters. The number of carbonyl (C=O) groups excluding carboxylic acids is 3. The molecule has 0 bridgehead atoms. The van der Waals surface area contributed by atoms with Crippen LogP contribution in [0.15, 0.2) is 59.6 Å². The van der Waals surface area contributed by atoms with Crippen molar-refractivity contribution in [2.75, 3.05) is 13.1 Å². The van der Waals surface area contributed by atoms with Gasteiger partial charge in [0.05, 0.1) is 4.91 Å². The number of thioether (sulfide) groups is 1. The van der Waals surface area contributed by atoms with Gasteiger partial charge in [-0.3, -0.25) is 19.3 Å². The van der Waals surface area contributed by atoms with Gasteiger partial charge in [0, 0.05) is 23.6 Å². The summed E-state index contributed by atoms with van der Waals surface area (Å²) in [6.07, 6.45) is 3.91. The van der Waals surface area contributed by atoms with Crippen LogP contribution in [0, 0.1) is 5.82 Å². The van der Waals surface area contributed by atoms with Gasteiger partial charge in [0.15, 0.2) is 0 Å². The number of amides is 3. The number of nitrogens with one attached hydrogen (secondary N) is 2. The van der Waals surface area contributed by atoms with Gasteiger partial charge in [-0.05, 0) is 53.6 Å². The molecule has 1 aromatic heterocycles. The third kappa shape index (κ3) is 4.28. The number of halogens is 1. The summed E-state index contributed by atoms with van der Waals surface area (Å²) in [6, 6.07) is 13.7. The molecule has 30 heavy (non-hydrogen) atoms. The quantitative estimate of drug-likeness (QED) is 0.593. The Morgan fingerprint density at radius 2 is 1.97 bits per heavy atom. The molecule has 1 saturated heterocycles. The molecule has 4 rings (SSSR count). The number of H-pyrrole nitrogens is 1. The van der Waals surface area contributed by atoms with Crippen molar-refractivity contribution >= 4 is 45.8 Å². The van der Waals surface area contributed by atoms with Gasteiger partial charge in [0.1, 0.15) is 12.4 Å². The number of benzene rings is 2. The van der Waals surface area contributed by atoms with E-state index in [-0.39, 0.29) is 12.4 Å². The number of fused-ring (bicyclic) bond motifs is 1. The first-order chi connectivity index (χ1) is 14.5. The molecule has 3 aromatic rings. The van der Waals surface area contributed by atoms with Gasteiger partial charge < -0.3 is 10.3 Å². The fourth-order valence-corrected chi connectivity index (χ4v) is 4.07. The monoisotopic (exact) mass is 423 g/mol. The fraction of sp³-hybridized carbons (Fsp3) is 0.136. The first-order valence-electron chi connectivity index (χ1n) is 9.34. The van der Waals surface area contributed by atoms with Crippen LogP contribution >= 0.6 is 11.8 Å². The lowest BCUT2D eigenvalue weighted by molar-refractivity contribution is -0.129. The maximum atomic E-state index is 13.5. The SMILES string of the molecule is O=C(CN1C(=O)S/C(=C/c2ccccc2)C1=O)NCCc1c[nH]c2ccc(F)cc12. The first-order valence-corrected chi connectivity index (χ1v) is 10.2. The minimum Gasteiger partial charge on any atom is -0.361 e. The molecule has 0 radical (unpaired) electrons. The Bertz CT molecular complexity index is 1160. The van der Waals surface area contributed by atoms with E-state index in [1.54, 1.807) is 18.3 Å². The molecular weight excluding hydrogens is 405 g/mol. The van der Waals surface area contributed by atoms with Crippen molar-refractivity contribution in [3.05, 3.63) is 76.6 Å². The highest BCUT2D eigenvalue weighted by Crippen LogP contribution is 2.31. The number of nitrogens with zero attached hydrogens (tertiary/aromatic N) is 1. The second-order valence-corrected chi connectivity index (χ2v) is 7.78. The highest BCUT2D eigenvalue weighted by Gasteiger charge is 2.36. The van der Waals surface area contributed by atoms with Crippen LogP contribution in [0.3, 0.4) is 0 Å². The minimum absolute atomic E-state index is 0.291. The van der Waals surface area contributed by atoms with Crippen molar-refractivity contribution in [3.8, 4) is 0 Å². The van der Waals surface area contributed by atoms with Crippen molar-refractivity contribution in [3.63, 3.8) is 0 Å². The van der Waals surface area contributed by atoms with Gasteiger partial charge in [-0.25, -0.2) is 4.39 Å². The molecule has 0 saturated carbocycles. The van der Waals surface area contributed by atoms with Crippen LogP contribution in [-0.2, 0) is 16.0 Å². The zero-order chi connectivity index (χ0) is 21.1. The van der Waals surface area contributed by atoms with Crippen LogP contribution < -0.4 is 5.32 Å². The Labute approximate surface area is 176 Å². The third-order valence-corrected chi connectivity index (χ3v) is 5.63. The van der Waals surface area contributed by atoms with E-state index in [1.165, 1.54) is 12.1 Å². The van der Waals surface area contributed by atoms with Crippen molar-refractivity contribution in [2.24, 2.45) is 0 Å². The Balaban J connectivity index is 1.33. The van der Waals surface area contributed by atoms with Crippen LogP contribution in [0.4, 0.5) is 9.18 Å². The normalized spacial score (nSPS) is 15.4. The summed E-state index contributed by atoms with van der Waals surface area (Å²) in [6.45, 7) is -0.0301. The predicted octanol–water partition coefficient (Wildman–Crippen LogP) is 3.70. The van der Waals surface area contributed by atoms with Crippen LogP contribution in [0.1, 0.15) is 11.1 Å². The maximum absolute atomic E-state index is 13.5. The van der Waals surface area contributed by atoms with Crippen molar-refractivity contribution in [1.29, 1.82) is 0 Å². The van der Waals surface area contributed by atoms with E-state index in [2.05, 4.69) is 10.3 Å². The number of aromatic amines is 1. The lowest BCUT2D eigenvalue weighted by Crippen LogP contribution is -2.40. The molecule has 0 aliphatic carbocycles. The summed E-state index contributed by atoms with van der Waals surface area (Å²) >= 11 is 0.822. The zero-order valence-corrected chi connectivity index (χ0v) is 16.7. The molecule has 2 N–H and O–H groups in total. The lowest BCUT2D eigenvalue weighted by atomic mass is 10.1. The van der Waals surface area contributed by atoms with Gasteiger partial charge in [-0.1, -0.05) is 30.3 Å². The minimum atomic E-state index is -0.476. The van der Waals surface area contributed by atoms with E-state index in [9.17, 15) is 18.8 Å². The summed E-state index contributed by atoms with van der Waals surface area (Å²) in [7, 11) is 0. The van der Waals surface area contributed by atoms with Crippen molar-refractivity contribution in [2.45, 2.75) is 6.42 Å². The zero-order valence-electron chi connectivity index (χ0n) is 15.9. The molecule has 152 valence electrons. The number of imide groups is 1. The number of hydrogen-bond donors (Lipinski definition) is 2. The van der Waals surface area contributed by atoms with Crippen LogP contribution in [0.25, 0.3) is 17.0 Å². The van der Waals surface area contributed by atoms with E-state index < -0.39 is 17.1 Å². The topological polar surface area (TPSA) is 82.3 Å². The highest BCUT2D eigenvalue weighted by molar-refractivity contribution is 8.18. The van der Waals surface area contributed by atoms with E-state index in [4.69, 9.17) is 0 Å². The molecule has 8 heteroatoms. The standard InChI is InChI=1S/C22H18FN3O3S/c23-16-6-7-18-17(11-16)15(12-25-18)8-9-24-20(27)13-26-21(28)19(30-22(26)29)10-14-4-2-1-3-5-14/h1-7,10-12,25H,8-9,13H2,(H,24,27)/b19-10+. The van der Waals surface area contributed by atoms with Gasteiger partial charge in [-0.2, -0.15) is 0 Å². The Kier molecular flexibility index (Phi) is 5.67. The summed E-state index contributed by atoms with van der Waals surface area (Å²) < 4.78 is 13.5. The average molecular weight is 423 g/mol. The molecule has 1 fully saturated rings. The smallest absolute Gasteiger partial charge is 0.294 e. The fourth-order valence-electron chi connectivity index (χ4n) is 3.23. The van der Waals surface area contributed by atoms with E-state index in [0.29, 0.717) is 17.9 Å². The Morgan fingerprint density at radius 3 is 2.77 bits per heavy atom. The number of aromatic nitrogens is 1. The van der Waals surface area contributed by atoms with Crippen LogP contribution in [0.2, 0.25) is 0 Å². The second-order valence-electron chi connectivity index (χ2n) is 6.78. The van der Waals surface area contributed by atoms with Gasteiger partial charge >= 0.3 is 0 Å². The number of hydrogen-bond acceptors (Lipinski definition) is 4. The third-order valence-electron chi connectivity index (χ3n) is 4.72. The van der Waals surface area contributed by atoms with Gasteiger partial charge in [-0.15, -0.1) is 0 Å². The molecular formula is C22H18FN3O3S. The maximum Gasteiger partial charge on any atom is 0.294 e.